The second-order valence-electron chi connectivity index (χ2n) is 14.9. The van der Waals surface area contributed by atoms with Crippen molar-refractivity contribution >= 4 is 60.5 Å². The van der Waals surface area contributed by atoms with Gasteiger partial charge < -0.3 is 9.32 Å². The zero-order chi connectivity index (χ0) is 38.4. The van der Waals surface area contributed by atoms with E-state index in [1.54, 1.807) is 0 Å². The third-order valence-corrected chi connectivity index (χ3v) is 11.4. The molecule has 0 aliphatic rings. The molecule has 2 heteroatoms. The molecule has 0 amide bonds. The van der Waals surface area contributed by atoms with Gasteiger partial charge in [0.1, 0.15) is 11.2 Å². The Balaban J connectivity index is 1.02. The highest BCUT2D eigenvalue weighted by molar-refractivity contribution is 6.19. The lowest BCUT2D eigenvalue weighted by atomic mass is 9.97. The van der Waals surface area contributed by atoms with E-state index in [0.717, 1.165) is 55.5 Å². The van der Waals surface area contributed by atoms with Crippen molar-refractivity contribution in [1.82, 2.24) is 0 Å². The molecule has 0 radical (unpaired) electrons. The van der Waals surface area contributed by atoms with Crippen LogP contribution in [0.5, 0.6) is 0 Å². The van der Waals surface area contributed by atoms with Gasteiger partial charge >= 0.3 is 0 Å². The highest BCUT2D eigenvalue weighted by Crippen LogP contribution is 2.43. The molecule has 2 nitrogen and oxygen atoms in total. The van der Waals surface area contributed by atoms with Gasteiger partial charge in [-0.1, -0.05) is 164 Å². The van der Waals surface area contributed by atoms with Crippen LogP contribution in [0, 0.1) is 0 Å². The van der Waals surface area contributed by atoms with E-state index in [1.165, 1.54) is 49.5 Å². The second-order valence-corrected chi connectivity index (χ2v) is 14.9. The van der Waals surface area contributed by atoms with Crippen LogP contribution in [0.15, 0.2) is 229 Å². The van der Waals surface area contributed by atoms with Crippen molar-refractivity contribution < 1.29 is 4.42 Å². The minimum atomic E-state index is 0.891. The monoisotopic (exact) mass is 739 g/mol. The molecule has 11 aromatic rings. The highest BCUT2D eigenvalue weighted by Gasteiger charge is 2.18. The van der Waals surface area contributed by atoms with Crippen molar-refractivity contribution in [2.24, 2.45) is 0 Å². The van der Waals surface area contributed by atoms with Gasteiger partial charge in [-0.25, -0.2) is 0 Å². The van der Waals surface area contributed by atoms with Gasteiger partial charge in [-0.05, 0) is 121 Å². The molecule has 0 bridgehead atoms. The van der Waals surface area contributed by atoms with Gasteiger partial charge in [0, 0.05) is 33.2 Å². The minimum absolute atomic E-state index is 0.891. The summed E-state index contributed by atoms with van der Waals surface area (Å²) >= 11 is 0. The molecule has 0 N–H and O–H groups in total. The van der Waals surface area contributed by atoms with E-state index >= 15 is 0 Å². The number of benzene rings is 10. The fraction of sp³-hybridized carbons (Fsp3) is 0. The second kappa shape index (κ2) is 14.1. The zero-order valence-electron chi connectivity index (χ0n) is 31.7. The summed E-state index contributed by atoms with van der Waals surface area (Å²) in [4.78, 5) is 2.36. The van der Waals surface area contributed by atoms with E-state index in [0.29, 0.717) is 0 Å². The van der Waals surface area contributed by atoms with Crippen LogP contribution in [0.2, 0.25) is 0 Å². The summed E-state index contributed by atoms with van der Waals surface area (Å²) in [7, 11) is 0. The summed E-state index contributed by atoms with van der Waals surface area (Å²) in [6.45, 7) is 0. The molecule has 1 aromatic heterocycles. The van der Waals surface area contributed by atoms with Crippen LogP contribution in [0.3, 0.4) is 0 Å². The molecule has 0 spiro atoms. The Kier molecular flexibility index (Phi) is 8.19. The molecular weight excluding hydrogens is 703 g/mol. The molecule has 11 rings (SSSR count). The Bertz CT molecular complexity index is 3270. The Morgan fingerprint density at radius 1 is 0.293 bits per heavy atom. The van der Waals surface area contributed by atoms with Gasteiger partial charge in [0.25, 0.3) is 0 Å². The van der Waals surface area contributed by atoms with Crippen LogP contribution < -0.4 is 4.90 Å². The van der Waals surface area contributed by atoms with Crippen molar-refractivity contribution in [3.05, 3.63) is 224 Å². The third-order valence-electron chi connectivity index (χ3n) is 11.4. The maximum Gasteiger partial charge on any atom is 0.143 e. The van der Waals surface area contributed by atoms with Gasteiger partial charge in [0.15, 0.2) is 0 Å². The van der Waals surface area contributed by atoms with E-state index in [9.17, 15) is 0 Å². The van der Waals surface area contributed by atoms with Crippen LogP contribution >= 0.6 is 0 Å². The largest absolute Gasteiger partial charge is 0.455 e. The van der Waals surface area contributed by atoms with Gasteiger partial charge in [0.2, 0.25) is 0 Å². The summed E-state index contributed by atoms with van der Waals surface area (Å²) < 4.78 is 6.59. The van der Waals surface area contributed by atoms with Crippen LogP contribution in [-0.2, 0) is 0 Å². The third kappa shape index (κ3) is 6.00. The molecule has 0 atom stereocenters. The fourth-order valence-electron chi connectivity index (χ4n) is 8.54. The average Bonchev–Trinajstić information content (AvgIpc) is 3.70. The average molecular weight is 740 g/mol. The molecule has 0 unspecified atom stereocenters. The predicted octanol–water partition coefficient (Wildman–Crippen LogP) is 16.0. The number of hydrogen-bond donors (Lipinski definition) is 0. The van der Waals surface area contributed by atoms with Crippen LogP contribution in [0.25, 0.3) is 88.0 Å². The summed E-state index contributed by atoms with van der Waals surface area (Å²) in [6.07, 6.45) is 0. The number of nitrogens with zero attached hydrogens (tertiary/aromatic N) is 1. The Hall–Kier alpha value is -7.68. The molecule has 0 aliphatic carbocycles. The molecule has 58 heavy (non-hydrogen) atoms. The fourth-order valence-corrected chi connectivity index (χ4v) is 8.54. The van der Waals surface area contributed by atoms with Gasteiger partial charge in [-0.15, -0.1) is 0 Å². The van der Waals surface area contributed by atoms with E-state index < -0.39 is 0 Å². The summed E-state index contributed by atoms with van der Waals surface area (Å²) in [5, 5.41) is 7.05. The van der Waals surface area contributed by atoms with Crippen molar-refractivity contribution in [2.45, 2.75) is 0 Å². The van der Waals surface area contributed by atoms with Crippen LogP contribution in [-0.4, -0.2) is 0 Å². The Labute approximate surface area is 337 Å². The van der Waals surface area contributed by atoms with E-state index in [2.05, 4.69) is 229 Å². The van der Waals surface area contributed by atoms with E-state index in [4.69, 9.17) is 4.42 Å². The molecule has 0 fully saturated rings. The molecule has 1 heterocycles. The van der Waals surface area contributed by atoms with Crippen molar-refractivity contribution in [1.29, 1.82) is 0 Å². The van der Waals surface area contributed by atoms with Gasteiger partial charge in [-0.2, -0.15) is 0 Å². The van der Waals surface area contributed by atoms with Crippen LogP contribution in [0.1, 0.15) is 0 Å². The standard InChI is InChI=1S/C56H37NO/c1-2-11-38(12-3-1)44-16-8-17-45(35-44)40-25-30-48(31-26-40)57(49-32-27-41(28-33-49)46-24-23-39-13-4-5-15-43(39)36-46)50-19-9-18-47(37-50)51-21-10-22-54-55(51)53-34-29-42-14-6-7-20-52(42)56(53)58-54/h1-37H. The Morgan fingerprint density at radius 2 is 0.845 bits per heavy atom. The SMILES string of the molecule is c1ccc(-c2cccc(-c3ccc(N(c4ccc(-c5ccc6ccccc6c5)cc4)c4cccc(-c5cccc6oc7c8ccccc8ccc7c56)c4)cc3)c2)cc1. The van der Waals surface area contributed by atoms with Crippen LogP contribution in [0.4, 0.5) is 17.1 Å². The topological polar surface area (TPSA) is 16.4 Å². The zero-order valence-corrected chi connectivity index (χ0v) is 31.7. The summed E-state index contributed by atoms with van der Waals surface area (Å²) in [5.41, 5.74) is 14.5. The molecular formula is C56H37NO. The smallest absolute Gasteiger partial charge is 0.143 e. The number of fused-ring (bicyclic) bond motifs is 6. The first-order valence-corrected chi connectivity index (χ1v) is 19.8. The first-order valence-electron chi connectivity index (χ1n) is 19.8. The van der Waals surface area contributed by atoms with Gasteiger partial charge in [0.05, 0.1) is 0 Å². The lowest BCUT2D eigenvalue weighted by Crippen LogP contribution is -2.10. The molecule has 272 valence electrons. The first-order chi connectivity index (χ1) is 28.7. The molecule has 0 aliphatic heterocycles. The summed E-state index contributed by atoms with van der Waals surface area (Å²) in [6, 6.07) is 80.7. The maximum absolute atomic E-state index is 6.59. The van der Waals surface area contributed by atoms with Gasteiger partial charge in [-0.3, -0.25) is 0 Å². The quantitative estimate of drug-likeness (QED) is 0.162. The van der Waals surface area contributed by atoms with E-state index in [-0.39, 0.29) is 0 Å². The minimum Gasteiger partial charge on any atom is -0.455 e. The maximum atomic E-state index is 6.59. The van der Waals surface area contributed by atoms with Crippen molar-refractivity contribution in [3.8, 4) is 44.5 Å². The summed E-state index contributed by atoms with van der Waals surface area (Å²) in [5.74, 6) is 0. The Morgan fingerprint density at radius 3 is 1.60 bits per heavy atom. The van der Waals surface area contributed by atoms with E-state index in [1.807, 2.05) is 0 Å². The lowest BCUT2D eigenvalue weighted by Gasteiger charge is -2.26. The number of furan rings is 1. The molecule has 10 aromatic carbocycles. The molecule has 0 saturated heterocycles. The highest BCUT2D eigenvalue weighted by atomic mass is 16.3. The molecule has 0 saturated carbocycles. The number of anilines is 3. The normalized spacial score (nSPS) is 11.4. The lowest BCUT2D eigenvalue weighted by molar-refractivity contribution is 0.673. The van der Waals surface area contributed by atoms with Crippen molar-refractivity contribution in [3.63, 3.8) is 0 Å². The number of rotatable bonds is 7. The first kappa shape index (κ1) is 33.6. The number of hydrogen-bond acceptors (Lipinski definition) is 2. The predicted molar refractivity (Wildman–Crippen MR) is 245 cm³/mol. The van der Waals surface area contributed by atoms with Crippen molar-refractivity contribution in [2.75, 3.05) is 4.90 Å².